The van der Waals surface area contributed by atoms with Gasteiger partial charge >= 0.3 is 5.97 Å². The van der Waals surface area contributed by atoms with Gasteiger partial charge in [0.15, 0.2) is 18.2 Å². The van der Waals surface area contributed by atoms with Gasteiger partial charge in [0.25, 0.3) is 5.91 Å². The molecule has 0 radical (unpaired) electrons. The third-order valence-corrected chi connectivity index (χ3v) is 4.39. The van der Waals surface area contributed by atoms with Gasteiger partial charge in [0.1, 0.15) is 0 Å². The highest BCUT2D eigenvalue weighted by molar-refractivity contribution is 5.81. The van der Waals surface area contributed by atoms with E-state index in [4.69, 9.17) is 9.47 Å². The molecule has 0 aliphatic heterocycles. The van der Waals surface area contributed by atoms with E-state index in [0.29, 0.717) is 11.5 Å². The Morgan fingerprint density at radius 3 is 2.71 bits per heavy atom. The maximum Gasteiger partial charge on any atom is 0.310 e. The second-order valence-electron chi connectivity index (χ2n) is 6.24. The van der Waals surface area contributed by atoms with Crippen molar-refractivity contribution in [1.29, 1.82) is 0 Å². The highest BCUT2D eigenvalue weighted by Gasteiger charge is 2.23. The molecular weight excluding hydrogens is 313 g/mol. The van der Waals surface area contributed by atoms with Crippen LogP contribution in [0.2, 0.25) is 0 Å². The fraction of sp³-hybridized carbons (Fsp3) is 0.556. The summed E-state index contributed by atoms with van der Waals surface area (Å²) in [4.78, 5) is 23.7. The number of carbonyl (C=O) groups is 2. The molecule has 0 saturated heterocycles. The average Bonchev–Trinajstić information content (AvgIpc) is 2.55. The van der Waals surface area contributed by atoms with Crippen LogP contribution in [0, 0.1) is 11.7 Å². The number of benzene rings is 1. The first-order chi connectivity index (χ1) is 11.5. The first kappa shape index (κ1) is 18.2. The van der Waals surface area contributed by atoms with Crippen LogP contribution in [-0.2, 0) is 20.7 Å². The Morgan fingerprint density at radius 1 is 1.29 bits per heavy atom. The van der Waals surface area contributed by atoms with Crippen LogP contribution in [0.15, 0.2) is 18.2 Å². The molecule has 1 saturated carbocycles. The van der Waals surface area contributed by atoms with Gasteiger partial charge in [0.2, 0.25) is 0 Å². The number of esters is 1. The summed E-state index contributed by atoms with van der Waals surface area (Å²) in [5, 5.41) is 2.92. The highest BCUT2D eigenvalue weighted by Crippen LogP contribution is 2.23. The topological polar surface area (TPSA) is 64.6 Å². The van der Waals surface area contributed by atoms with Crippen LogP contribution < -0.4 is 10.1 Å². The zero-order valence-electron chi connectivity index (χ0n) is 14.1. The van der Waals surface area contributed by atoms with Crippen LogP contribution in [0.4, 0.5) is 4.39 Å². The van der Waals surface area contributed by atoms with Gasteiger partial charge in [-0.1, -0.05) is 25.8 Å². The lowest BCUT2D eigenvalue weighted by atomic mass is 9.86. The van der Waals surface area contributed by atoms with Crippen molar-refractivity contribution in [1.82, 2.24) is 5.32 Å². The first-order valence-electron chi connectivity index (χ1n) is 8.27. The fourth-order valence-corrected chi connectivity index (χ4v) is 2.96. The Morgan fingerprint density at radius 2 is 2.04 bits per heavy atom. The number of carbonyl (C=O) groups excluding carboxylic acids is 2. The summed E-state index contributed by atoms with van der Waals surface area (Å²) in [7, 11) is 1.37. The first-order valence-corrected chi connectivity index (χ1v) is 8.27. The van der Waals surface area contributed by atoms with Crippen LogP contribution in [0.3, 0.4) is 0 Å². The van der Waals surface area contributed by atoms with Crippen LogP contribution >= 0.6 is 0 Å². The van der Waals surface area contributed by atoms with Crippen LogP contribution in [0.25, 0.3) is 0 Å². The smallest absolute Gasteiger partial charge is 0.310 e. The van der Waals surface area contributed by atoms with Gasteiger partial charge in [-0.05, 0) is 36.5 Å². The Bertz CT molecular complexity index is 590. The molecule has 0 aromatic heterocycles. The summed E-state index contributed by atoms with van der Waals surface area (Å²) in [6, 6.07) is 4.42. The van der Waals surface area contributed by atoms with Gasteiger partial charge in [-0.25, -0.2) is 4.39 Å². The molecule has 1 aromatic carbocycles. The average molecular weight is 337 g/mol. The molecule has 2 rings (SSSR count). The zero-order chi connectivity index (χ0) is 17.5. The molecular formula is C18H24FNO4. The second kappa shape index (κ2) is 8.66. The van der Waals surface area contributed by atoms with E-state index >= 15 is 0 Å². The number of rotatable bonds is 6. The van der Waals surface area contributed by atoms with Gasteiger partial charge in [0, 0.05) is 6.04 Å². The van der Waals surface area contributed by atoms with E-state index in [2.05, 4.69) is 12.2 Å². The molecule has 132 valence electrons. The predicted molar refractivity (Wildman–Crippen MR) is 87.2 cm³/mol. The fourth-order valence-electron chi connectivity index (χ4n) is 2.96. The minimum absolute atomic E-state index is 0.0893. The van der Waals surface area contributed by atoms with Crippen molar-refractivity contribution in [3.8, 4) is 5.75 Å². The lowest BCUT2D eigenvalue weighted by Crippen LogP contribution is -2.42. The second-order valence-corrected chi connectivity index (χ2v) is 6.24. The lowest BCUT2D eigenvalue weighted by molar-refractivity contribution is -0.148. The molecule has 6 heteroatoms. The Kier molecular flexibility index (Phi) is 6.58. The maximum atomic E-state index is 13.6. The number of methoxy groups -OCH3 is 1. The molecule has 5 nitrogen and oxygen atoms in total. The summed E-state index contributed by atoms with van der Waals surface area (Å²) in [6.07, 6.45) is 4.28. The van der Waals surface area contributed by atoms with E-state index < -0.39 is 11.8 Å². The monoisotopic (exact) mass is 337 g/mol. The Labute approximate surface area is 141 Å². The van der Waals surface area contributed by atoms with Gasteiger partial charge < -0.3 is 14.8 Å². The van der Waals surface area contributed by atoms with Gasteiger partial charge in [-0.3, -0.25) is 9.59 Å². The van der Waals surface area contributed by atoms with Crippen LogP contribution in [0.5, 0.6) is 5.75 Å². The van der Waals surface area contributed by atoms with Gasteiger partial charge in [-0.15, -0.1) is 0 Å². The highest BCUT2D eigenvalue weighted by atomic mass is 19.1. The molecule has 0 heterocycles. The van der Waals surface area contributed by atoms with E-state index in [9.17, 15) is 14.0 Å². The molecule has 1 N–H and O–H groups in total. The molecule has 1 aliphatic carbocycles. The number of hydrogen-bond donors (Lipinski definition) is 1. The predicted octanol–water partition coefficient (Wildman–Crippen LogP) is 2.61. The maximum absolute atomic E-state index is 13.6. The van der Waals surface area contributed by atoms with Crippen molar-refractivity contribution < 1.29 is 23.5 Å². The third kappa shape index (κ3) is 5.22. The molecule has 0 spiro atoms. The number of amides is 1. The summed E-state index contributed by atoms with van der Waals surface area (Å²) in [5.74, 6) is -0.824. The Hall–Kier alpha value is -2.11. The molecule has 2 atom stereocenters. The summed E-state index contributed by atoms with van der Waals surface area (Å²) < 4.78 is 23.4. The van der Waals surface area contributed by atoms with Crippen LogP contribution in [-0.4, -0.2) is 31.6 Å². The summed E-state index contributed by atoms with van der Waals surface area (Å²) in [5.41, 5.74) is 0.472. The molecule has 1 aromatic rings. The molecule has 0 unspecified atom stereocenters. The minimum atomic E-state index is -0.564. The van der Waals surface area contributed by atoms with E-state index in [-0.39, 0.29) is 30.7 Å². The normalized spacial score (nSPS) is 20.3. The van der Waals surface area contributed by atoms with Crippen molar-refractivity contribution in [2.24, 2.45) is 5.92 Å². The quantitative estimate of drug-likeness (QED) is 0.811. The largest absolute Gasteiger partial charge is 0.494 e. The SMILES string of the molecule is COc1ccc(CC(=O)OCC(=O)N[C@@H]2CCCC[C@H]2C)cc1F. The minimum Gasteiger partial charge on any atom is -0.494 e. The van der Waals surface area contributed by atoms with E-state index in [1.807, 2.05) is 0 Å². The van der Waals surface area contributed by atoms with E-state index in [0.717, 1.165) is 19.3 Å². The van der Waals surface area contributed by atoms with Crippen molar-refractivity contribution in [2.45, 2.75) is 45.1 Å². The van der Waals surface area contributed by atoms with E-state index in [1.54, 1.807) is 6.07 Å². The summed E-state index contributed by atoms with van der Waals surface area (Å²) >= 11 is 0. The number of hydrogen-bond acceptors (Lipinski definition) is 4. The van der Waals surface area contributed by atoms with Crippen molar-refractivity contribution in [3.05, 3.63) is 29.6 Å². The lowest BCUT2D eigenvalue weighted by Gasteiger charge is -2.29. The molecule has 1 fully saturated rings. The van der Waals surface area contributed by atoms with Crippen molar-refractivity contribution in [2.75, 3.05) is 13.7 Å². The molecule has 0 bridgehead atoms. The molecule has 1 amide bonds. The third-order valence-electron chi connectivity index (χ3n) is 4.39. The van der Waals surface area contributed by atoms with E-state index in [1.165, 1.54) is 25.7 Å². The van der Waals surface area contributed by atoms with Crippen molar-refractivity contribution in [3.63, 3.8) is 0 Å². The van der Waals surface area contributed by atoms with Gasteiger partial charge in [0.05, 0.1) is 13.5 Å². The number of halogens is 1. The van der Waals surface area contributed by atoms with Crippen molar-refractivity contribution >= 4 is 11.9 Å². The molecule has 24 heavy (non-hydrogen) atoms. The Balaban J connectivity index is 1.76. The van der Waals surface area contributed by atoms with Crippen LogP contribution in [0.1, 0.15) is 38.2 Å². The number of nitrogens with one attached hydrogen (secondary N) is 1. The number of ether oxygens (including phenoxy) is 2. The standard InChI is InChI=1S/C18H24FNO4/c1-12-5-3-4-6-15(12)20-17(21)11-24-18(22)10-13-7-8-16(23-2)14(19)9-13/h7-9,12,15H,3-6,10-11H2,1-2H3,(H,20,21)/t12-,15-/m1/s1. The zero-order valence-corrected chi connectivity index (χ0v) is 14.1. The molecule has 1 aliphatic rings. The van der Waals surface area contributed by atoms with Gasteiger partial charge in [-0.2, -0.15) is 0 Å². The summed E-state index contributed by atoms with van der Waals surface area (Å²) in [6.45, 7) is 1.81.